The highest BCUT2D eigenvalue weighted by atomic mass is 32.2. The molecule has 3 aromatic carbocycles. The Hall–Kier alpha value is -4.69. The van der Waals surface area contributed by atoms with Gasteiger partial charge in [0.15, 0.2) is 27.3 Å². The molecule has 5 rings (SSSR count). The zero-order chi connectivity index (χ0) is 27.7. The highest BCUT2D eigenvalue weighted by Crippen LogP contribution is 2.42. The Morgan fingerprint density at radius 2 is 1.77 bits per heavy atom. The summed E-state index contributed by atoms with van der Waals surface area (Å²) in [6, 6.07) is 13.0. The molecule has 2 aliphatic rings. The standard InChI is InChI=1S/C25H17N3O9S2/c1-2-34-21-9-14(3-6-20(21)37-18-7-5-16(27(30)31)11-17(18)28(32)33)10-23-24(29)26(25(38)39-23)15-4-8-19-22(12-15)36-13-35-19/h3-12H,2,13H2,1H3/b23-10+. The summed E-state index contributed by atoms with van der Waals surface area (Å²) in [6.07, 6.45) is 1.65. The number of fused-ring (bicyclic) bond motifs is 1. The molecule has 12 nitrogen and oxygen atoms in total. The van der Waals surface area contributed by atoms with Gasteiger partial charge in [-0.2, -0.15) is 0 Å². The van der Waals surface area contributed by atoms with Gasteiger partial charge in [-0.3, -0.25) is 29.9 Å². The predicted octanol–water partition coefficient (Wildman–Crippen LogP) is 5.83. The van der Waals surface area contributed by atoms with E-state index in [1.807, 2.05) is 0 Å². The molecule has 2 aliphatic heterocycles. The number of carbonyl (C=O) groups excluding carboxylic acids is 1. The van der Waals surface area contributed by atoms with Crippen molar-refractivity contribution in [3.05, 3.63) is 85.3 Å². The van der Waals surface area contributed by atoms with Gasteiger partial charge in [-0.15, -0.1) is 0 Å². The van der Waals surface area contributed by atoms with Crippen LogP contribution in [0.2, 0.25) is 0 Å². The molecule has 3 aromatic rings. The average molecular weight is 568 g/mol. The van der Waals surface area contributed by atoms with Gasteiger partial charge in [0.05, 0.1) is 33.1 Å². The number of hydrogen-bond donors (Lipinski definition) is 0. The molecule has 0 bridgehead atoms. The fourth-order valence-corrected chi connectivity index (χ4v) is 5.10. The lowest BCUT2D eigenvalue weighted by Crippen LogP contribution is -2.27. The summed E-state index contributed by atoms with van der Waals surface area (Å²) in [5.41, 5.74) is 0.138. The summed E-state index contributed by atoms with van der Waals surface area (Å²) < 4.78 is 22.5. The average Bonchev–Trinajstić information content (AvgIpc) is 3.48. The SMILES string of the molecule is CCOc1cc(/C=C2/SC(=S)N(c3ccc4c(c3)OCO4)C2=O)ccc1Oc1ccc([N+](=O)[O-])cc1[N+](=O)[O-]. The van der Waals surface area contributed by atoms with Crippen molar-refractivity contribution in [3.8, 4) is 28.7 Å². The molecule has 1 fully saturated rings. The van der Waals surface area contributed by atoms with Crippen molar-refractivity contribution in [2.75, 3.05) is 18.3 Å². The topological polar surface area (TPSA) is 144 Å². The predicted molar refractivity (Wildman–Crippen MR) is 146 cm³/mol. The summed E-state index contributed by atoms with van der Waals surface area (Å²) >= 11 is 6.59. The number of nitro groups is 2. The van der Waals surface area contributed by atoms with Crippen molar-refractivity contribution in [2.45, 2.75) is 6.92 Å². The van der Waals surface area contributed by atoms with Crippen LogP contribution in [0.1, 0.15) is 12.5 Å². The van der Waals surface area contributed by atoms with Gasteiger partial charge in [0.1, 0.15) is 0 Å². The van der Waals surface area contributed by atoms with E-state index in [0.29, 0.717) is 32.0 Å². The molecule has 14 heteroatoms. The van der Waals surface area contributed by atoms with E-state index in [2.05, 4.69) is 0 Å². The van der Waals surface area contributed by atoms with Crippen molar-refractivity contribution < 1.29 is 33.6 Å². The number of nitrogens with zero attached hydrogens (tertiary/aromatic N) is 3. The van der Waals surface area contributed by atoms with Gasteiger partial charge < -0.3 is 18.9 Å². The Bertz CT molecular complexity index is 1570. The smallest absolute Gasteiger partial charge is 0.318 e. The van der Waals surface area contributed by atoms with E-state index in [1.54, 1.807) is 43.3 Å². The van der Waals surface area contributed by atoms with E-state index >= 15 is 0 Å². The fraction of sp³-hybridized carbons (Fsp3) is 0.120. The van der Waals surface area contributed by atoms with Gasteiger partial charge in [0.2, 0.25) is 12.5 Å². The summed E-state index contributed by atoms with van der Waals surface area (Å²) in [7, 11) is 0. The van der Waals surface area contributed by atoms with Gasteiger partial charge in [0, 0.05) is 12.1 Å². The lowest BCUT2D eigenvalue weighted by atomic mass is 10.1. The fourth-order valence-electron chi connectivity index (χ4n) is 3.80. The molecule has 1 saturated heterocycles. The number of amides is 1. The number of hydrogen-bond acceptors (Lipinski definition) is 11. The minimum Gasteiger partial charge on any atom is -0.490 e. The highest BCUT2D eigenvalue weighted by molar-refractivity contribution is 8.27. The molecule has 2 heterocycles. The highest BCUT2D eigenvalue weighted by Gasteiger charge is 2.34. The third kappa shape index (κ3) is 5.19. The van der Waals surface area contributed by atoms with Crippen LogP contribution in [0.15, 0.2) is 59.5 Å². The van der Waals surface area contributed by atoms with Crippen LogP contribution in [0.5, 0.6) is 28.7 Å². The van der Waals surface area contributed by atoms with Crippen LogP contribution >= 0.6 is 24.0 Å². The van der Waals surface area contributed by atoms with Gasteiger partial charge in [-0.25, -0.2) is 0 Å². The second-order valence-electron chi connectivity index (χ2n) is 7.96. The Kier molecular flexibility index (Phi) is 7.04. The van der Waals surface area contributed by atoms with Crippen LogP contribution in [-0.4, -0.2) is 33.5 Å². The molecule has 198 valence electrons. The van der Waals surface area contributed by atoms with Crippen LogP contribution in [0.4, 0.5) is 17.1 Å². The van der Waals surface area contributed by atoms with Gasteiger partial charge >= 0.3 is 5.69 Å². The number of thiocarbonyl (C=S) groups is 1. The van der Waals surface area contributed by atoms with E-state index < -0.39 is 21.2 Å². The van der Waals surface area contributed by atoms with Crippen molar-refractivity contribution in [1.82, 2.24) is 0 Å². The quantitative estimate of drug-likeness (QED) is 0.140. The summed E-state index contributed by atoms with van der Waals surface area (Å²) in [6.45, 7) is 2.12. The molecule has 0 radical (unpaired) electrons. The number of non-ortho nitro benzene ring substituents is 1. The molecule has 39 heavy (non-hydrogen) atoms. The summed E-state index contributed by atoms with van der Waals surface area (Å²) in [5, 5.41) is 22.5. The Balaban J connectivity index is 1.42. The van der Waals surface area contributed by atoms with Crippen LogP contribution in [0.25, 0.3) is 6.08 Å². The van der Waals surface area contributed by atoms with Gasteiger partial charge in [-0.05, 0) is 48.9 Å². The summed E-state index contributed by atoms with van der Waals surface area (Å²) in [4.78, 5) is 36.0. The molecular formula is C25H17N3O9S2. The molecule has 1 amide bonds. The molecule has 0 saturated carbocycles. The maximum absolute atomic E-state index is 13.2. The molecule has 0 spiro atoms. The number of thioether (sulfide) groups is 1. The van der Waals surface area contributed by atoms with Crippen LogP contribution in [0, 0.1) is 20.2 Å². The second kappa shape index (κ2) is 10.6. The number of ether oxygens (including phenoxy) is 4. The van der Waals surface area contributed by atoms with E-state index in [1.165, 1.54) is 11.0 Å². The van der Waals surface area contributed by atoms with Crippen molar-refractivity contribution in [3.63, 3.8) is 0 Å². The van der Waals surface area contributed by atoms with E-state index in [9.17, 15) is 25.0 Å². The number of rotatable bonds is 8. The first-order valence-corrected chi connectivity index (χ1v) is 12.5. The maximum Gasteiger partial charge on any atom is 0.318 e. The van der Waals surface area contributed by atoms with Crippen LogP contribution in [-0.2, 0) is 4.79 Å². The van der Waals surface area contributed by atoms with E-state index in [0.717, 1.165) is 30.0 Å². The normalized spacial score (nSPS) is 15.1. The molecular weight excluding hydrogens is 550 g/mol. The lowest BCUT2D eigenvalue weighted by molar-refractivity contribution is -0.394. The minimum atomic E-state index is -0.765. The Morgan fingerprint density at radius 3 is 2.51 bits per heavy atom. The first-order chi connectivity index (χ1) is 18.7. The molecule has 0 atom stereocenters. The third-order valence-electron chi connectivity index (χ3n) is 5.54. The Labute approximate surface area is 230 Å². The lowest BCUT2D eigenvalue weighted by Gasteiger charge is -2.15. The minimum absolute atomic E-state index is 0.108. The second-order valence-corrected chi connectivity index (χ2v) is 9.64. The zero-order valence-electron chi connectivity index (χ0n) is 20.0. The number of anilines is 1. The van der Waals surface area contributed by atoms with Crippen LogP contribution < -0.4 is 23.8 Å². The first kappa shape index (κ1) is 25.9. The monoisotopic (exact) mass is 567 g/mol. The van der Waals surface area contributed by atoms with Gasteiger partial charge in [-0.1, -0.05) is 30.0 Å². The maximum atomic E-state index is 13.2. The molecule has 0 unspecified atom stereocenters. The number of carbonyl (C=O) groups is 1. The number of nitro benzene ring substituents is 2. The van der Waals surface area contributed by atoms with Crippen LogP contribution in [0.3, 0.4) is 0 Å². The van der Waals surface area contributed by atoms with E-state index in [-0.39, 0.29) is 36.6 Å². The third-order valence-corrected chi connectivity index (χ3v) is 6.85. The van der Waals surface area contributed by atoms with Crippen molar-refractivity contribution in [2.24, 2.45) is 0 Å². The molecule has 0 aromatic heterocycles. The zero-order valence-corrected chi connectivity index (χ0v) is 21.7. The molecule has 0 N–H and O–H groups in total. The first-order valence-electron chi connectivity index (χ1n) is 11.3. The van der Waals surface area contributed by atoms with Crippen molar-refractivity contribution in [1.29, 1.82) is 0 Å². The van der Waals surface area contributed by atoms with Crippen molar-refractivity contribution >= 4 is 57.3 Å². The number of benzene rings is 3. The summed E-state index contributed by atoms with van der Waals surface area (Å²) in [5.74, 6) is 1.01. The largest absolute Gasteiger partial charge is 0.490 e. The van der Waals surface area contributed by atoms with Gasteiger partial charge in [0.25, 0.3) is 11.6 Å². The van der Waals surface area contributed by atoms with E-state index in [4.69, 9.17) is 31.2 Å². The molecule has 0 aliphatic carbocycles. The Morgan fingerprint density at radius 1 is 1.00 bits per heavy atom.